The van der Waals surface area contributed by atoms with E-state index in [4.69, 9.17) is 5.11 Å². The lowest BCUT2D eigenvalue weighted by molar-refractivity contribution is -0.132. The number of rotatable bonds is 5. The fraction of sp³-hybridized carbons (Fsp3) is 0.583. The average molecular weight is 198 g/mol. The molecule has 0 heterocycles. The molecule has 2 nitrogen and oxygen atoms in total. The normalized spacial score (nSPS) is 8.50. The van der Waals surface area contributed by atoms with Gasteiger partial charge in [-0.3, -0.25) is 0 Å². The third kappa shape index (κ3) is 13.5. The van der Waals surface area contributed by atoms with Gasteiger partial charge in [-0.05, 0) is 26.2 Å². The highest BCUT2D eigenvalue weighted by molar-refractivity contribution is 5.84. The summed E-state index contributed by atoms with van der Waals surface area (Å²) in [7, 11) is 0. The van der Waals surface area contributed by atoms with Crippen LogP contribution in [0.4, 0.5) is 0 Å². The van der Waals surface area contributed by atoms with Crippen LogP contribution in [0.3, 0.4) is 0 Å². The maximum absolute atomic E-state index is 9.60. The van der Waals surface area contributed by atoms with E-state index < -0.39 is 5.97 Å². The molecule has 0 aliphatic heterocycles. The van der Waals surface area contributed by atoms with E-state index in [9.17, 15) is 4.79 Å². The minimum Gasteiger partial charge on any atom is -0.478 e. The van der Waals surface area contributed by atoms with Crippen LogP contribution >= 0.6 is 0 Å². The van der Waals surface area contributed by atoms with Crippen LogP contribution in [0.2, 0.25) is 0 Å². The van der Waals surface area contributed by atoms with Gasteiger partial charge in [-0.2, -0.15) is 0 Å². The van der Waals surface area contributed by atoms with Crippen molar-refractivity contribution >= 4 is 5.97 Å². The number of carboxylic acid groups (broad SMARTS) is 1. The second-order valence-electron chi connectivity index (χ2n) is 3.29. The zero-order chi connectivity index (χ0) is 11.6. The Morgan fingerprint density at radius 2 is 1.71 bits per heavy atom. The third-order valence-electron chi connectivity index (χ3n) is 1.75. The Morgan fingerprint density at radius 1 is 1.29 bits per heavy atom. The van der Waals surface area contributed by atoms with E-state index in [0.29, 0.717) is 0 Å². The van der Waals surface area contributed by atoms with Crippen LogP contribution in [0.25, 0.3) is 0 Å². The fourth-order valence-electron chi connectivity index (χ4n) is 0.604. The number of allylic oxidation sites excluding steroid dienone is 1. The maximum Gasteiger partial charge on any atom is 0.330 e. The van der Waals surface area contributed by atoms with Gasteiger partial charge in [-0.25, -0.2) is 4.79 Å². The summed E-state index contributed by atoms with van der Waals surface area (Å²) in [5.74, 6) is -0.935. The lowest BCUT2D eigenvalue weighted by atomic mass is 10.1. The number of carboxylic acids is 1. The molecule has 0 bridgehead atoms. The summed E-state index contributed by atoms with van der Waals surface area (Å²) >= 11 is 0. The number of hydrogen-bond donors (Lipinski definition) is 1. The van der Waals surface area contributed by atoms with Crippen molar-refractivity contribution in [2.45, 2.75) is 46.5 Å². The Balaban J connectivity index is 0. The van der Waals surface area contributed by atoms with E-state index in [1.165, 1.54) is 31.8 Å². The summed E-state index contributed by atoms with van der Waals surface area (Å²) in [4.78, 5) is 9.60. The lowest BCUT2D eigenvalue weighted by Gasteiger charge is -1.97. The molecule has 2 heteroatoms. The van der Waals surface area contributed by atoms with Crippen molar-refractivity contribution in [3.8, 4) is 0 Å². The topological polar surface area (TPSA) is 37.3 Å². The van der Waals surface area contributed by atoms with Crippen LogP contribution in [0.15, 0.2) is 24.3 Å². The summed E-state index contributed by atoms with van der Waals surface area (Å²) in [5, 5.41) is 7.89. The summed E-state index contributed by atoms with van der Waals surface area (Å²) in [6, 6.07) is 0. The zero-order valence-corrected chi connectivity index (χ0v) is 9.60. The molecule has 14 heavy (non-hydrogen) atoms. The molecule has 0 spiro atoms. The second kappa shape index (κ2) is 10.0. The molecule has 0 rings (SSSR count). The van der Waals surface area contributed by atoms with E-state index >= 15 is 0 Å². The largest absolute Gasteiger partial charge is 0.478 e. The predicted octanol–water partition coefficient (Wildman–Crippen LogP) is 3.79. The first-order chi connectivity index (χ1) is 6.45. The standard InChI is InChI=1S/C8H16.C4H6O2/c1-4-6-7-8(3)5-2;1-3(2)4(5)6/h3-7H2,1-2H3;1H2,2H3,(H,5,6). The van der Waals surface area contributed by atoms with Crippen LogP contribution in [-0.2, 0) is 4.79 Å². The molecule has 0 saturated carbocycles. The quantitative estimate of drug-likeness (QED) is 0.539. The molecule has 82 valence electrons. The lowest BCUT2D eigenvalue weighted by Crippen LogP contribution is -1.92. The number of carbonyl (C=O) groups is 1. The van der Waals surface area contributed by atoms with Crippen LogP contribution in [0.5, 0.6) is 0 Å². The van der Waals surface area contributed by atoms with Crippen molar-refractivity contribution < 1.29 is 9.90 Å². The Hall–Kier alpha value is -1.05. The third-order valence-corrected chi connectivity index (χ3v) is 1.75. The van der Waals surface area contributed by atoms with Gasteiger partial charge in [0.05, 0.1) is 0 Å². The zero-order valence-electron chi connectivity index (χ0n) is 9.60. The molecule has 0 aliphatic rings. The summed E-state index contributed by atoms with van der Waals surface area (Å²) in [6.07, 6.45) is 4.98. The van der Waals surface area contributed by atoms with Crippen molar-refractivity contribution in [3.05, 3.63) is 24.3 Å². The van der Waals surface area contributed by atoms with E-state index in [2.05, 4.69) is 27.0 Å². The first-order valence-corrected chi connectivity index (χ1v) is 5.01. The summed E-state index contributed by atoms with van der Waals surface area (Å²) in [6.45, 7) is 12.9. The molecule has 0 aromatic carbocycles. The van der Waals surface area contributed by atoms with Crippen molar-refractivity contribution in [2.24, 2.45) is 0 Å². The molecule has 0 aromatic rings. The second-order valence-corrected chi connectivity index (χ2v) is 3.29. The highest BCUT2D eigenvalue weighted by Gasteiger charge is 1.90. The summed E-state index contributed by atoms with van der Waals surface area (Å²) < 4.78 is 0. The maximum atomic E-state index is 9.60. The van der Waals surface area contributed by atoms with Crippen LogP contribution < -0.4 is 0 Å². The van der Waals surface area contributed by atoms with Crippen molar-refractivity contribution in [1.82, 2.24) is 0 Å². The highest BCUT2D eigenvalue weighted by Crippen LogP contribution is 2.06. The molecular formula is C12H22O2. The molecular weight excluding hydrogens is 176 g/mol. The van der Waals surface area contributed by atoms with Crippen molar-refractivity contribution in [3.63, 3.8) is 0 Å². The van der Waals surface area contributed by atoms with Gasteiger partial charge >= 0.3 is 5.97 Å². The SMILES string of the molecule is C=C(C)C(=O)O.C=C(CC)CCCC. The minimum absolute atomic E-state index is 0.176. The Kier molecular flexibility index (Phi) is 11.1. The molecule has 0 fully saturated rings. The van der Waals surface area contributed by atoms with Gasteiger partial charge in [0.15, 0.2) is 0 Å². The van der Waals surface area contributed by atoms with Crippen LogP contribution in [0, 0.1) is 0 Å². The van der Waals surface area contributed by atoms with Crippen LogP contribution in [0.1, 0.15) is 46.5 Å². The molecule has 0 radical (unpaired) electrons. The van der Waals surface area contributed by atoms with E-state index in [0.717, 1.165) is 6.42 Å². The molecule has 0 aliphatic carbocycles. The first-order valence-electron chi connectivity index (χ1n) is 5.01. The molecule has 0 unspecified atom stereocenters. The van der Waals surface area contributed by atoms with Gasteiger partial charge in [0.2, 0.25) is 0 Å². The first kappa shape index (κ1) is 15.4. The predicted molar refractivity (Wildman–Crippen MR) is 61.4 cm³/mol. The van der Waals surface area contributed by atoms with Gasteiger partial charge in [0.1, 0.15) is 0 Å². The highest BCUT2D eigenvalue weighted by atomic mass is 16.4. The molecule has 0 saturated heterocycles. The van der Waals surface area contributed by atoms with Crippen molar-refractivity contribution in [1.29, 1.82) is 0 Å². The molecule has 0 aromatic heterocycles. The molecule has 0 amide bonds. The van der Waals surface area contributed by atoms with Gasteiger partial charge in [-0.1, -0.05) is 39.0 Å². The van der Waals surface area contributed by atoms with Gasteiger partial charge in [0.25, 0.3) is 0 Å². The van der Waals surface area contributed by atoms with Gasteiger partial charge < -0.3 is 5.11 Å². The van der Waals surface area contributed by atoms with E-state index in [1.807, 2.05) is 0 Å². The molecule has 0 atom stereocenters. The Bertz CT molecular complexity index is 180. The monoisotopic (exact) mass is 198 g/mol. The Morgan fingerprint density at radius 3 is 1.93 bits per heavy atom. The number of aliphatic carboxylic acids is 1. The minimum atomic E-state index is -0.935. The van der Waals surface area contributed by atoms with E-state index in [-0.39, 0.29) is 5.57 Å². The number of hydrogen-bond acceptors (Lipinski definition) is 1. The summed E-state index contributed by atoms with van der Waals surface area (Å²) in [5.41, 5.74) is 1.57. The number of unbranched alkanes of at least 4 members (excludes halogenated alkanes) is 1. The molecule has 1 N–H and O–H groups in total. The van der Waals surface area contributed by atoms with Gasteiger partial charge in [-0.15, -0.1) is 0 Å². The van der Waals surface area contributed by atoms with E-state index in [1.54, 1.807) is 0 Å². The van der Waals surface area contributed by atoms with Crippen LogP contribution in [-0.4, -0.2) is 11.1 Å². The van der Waals surface area contributed by atoms with Gasteiger partial charge in [0, 0.05) is 5.57 Å². The Labute approximate surface area is 87.3 Å². The smallest absolute Gasteiger partial charge is 0.330 e. The average Bonchev–Trinajstić information content (AvgIpc) is 2.14. The fourth-order valence-corrected chi connectivity index (χ4v) is 0.604. The van der Waals surface area contributed by atoms with Crippen molar-refractivity contribution in [2.75, 3.05) is 0 Å².